The Kier molecular flexibility index (Phi) is 4.37. The normalized spacial score (nSPS) is 16.5. The maximum atomic E-state index is 5.41. The third-order valence-corrected chi connectivity index (χ3v) is 3.95. The van der Waals surface area contributed by atoms with Crippen molar-refractivity contribution in [3.63, 3.8) is 0 Å². The van der Waals surface area contributed by atoms with E-state index in [9.17, 15) is 0 Å². The van der Waals surface area contributed by atoms with Crippen molar-refractivity contribution in [3.05, 3.63) is 53.6 Å². The van der Waals surface area contributed by atoms with Crippen LogP contribution in [-0.4, -0.2) is 27.0 Å². The number of hydrazone groups is 1. The maximum absolute atomic E-state index is 5.41. The molecule has 0 saturated heterocycles. The summed E-state index contributed by atoms with van der Waals surface area (Å²) in [6, 6.07) is 14.3. The molecule has 0 amide bonds. The summed E-state index contributed by atoms with van der Waals surface area (Å²) in [5, 5.41) is 4.48. The van der Waals surface area contributed by atoms with E-state index in [1.54, 1.807) is 21.3 Å². The van der Waals surface area contributed by atoms with E-state index in [1.807, 2.05) is 30.3 Å². The van der Waals surface area contributed by atoms with E-state index in [2.05, 4.69) is 22.7 Å². The Bertz CT molecular complexity index is 688. The molecule has 0 saturated carbocycles. The Morgan fingerprint density at radius 1 is 0.957 bits per heavy atom. The molecule has 2 aromatic carbocycles. The second-order valence-corrected chi connectivity index (χ2v) is 5.27. The summed E-state index contributed by atoms with van der Waals surface area (Å²) < 4.78 is 16.2. The predicted molar refractivity (Wildman–Crippen MR) is 89.6 cm³/mol. The van der Waals surface area contributed by atoms with Crippen LogP contribution in [0, 0.1) is 0 Å². The molecule has 1 unspecified atom stereocenters. The number of ether oxygens (including phenoxy) is 3. The highest BCUT2D eigenvalue weighted by Gasteiger charge is 2.23. The fourth-order valence-corrected chi connectivity index (χ4v) is 2.75. The van der Waals surface area contributed by atoms with Gasteiger partial charge in [0, 0.05) is 12.0 Å². The van der Waals surface area contributed by atoms with Gasteiger partial charge < -0.3 is 19.6 Å². The summed E-state index contributed by atoms with van der Waals surface area (Å²) >= 11 is 0. The SMILES string of the molecule is COc1cc(C2=NNC(c3ccccc3)C2)cc(OC)c1OC. The number of hydrogen-bond donors (Lipinski definition) is 1. The number of hydrogen-bond acceptors (Lipinski definition) is 5. The molecule has 0 aliphatic carbocycles. The zero-order valence-electron chi connectivity index (χ0n) is 13.5. The Morgan fingerprint density at radius 3 is 2.17 bits per heavy atom. The van der Waals surface area contributed by atoms with Crippen LogP contribution in [0.15, 0.2) is 47.6 Å². The monoisotopic (exact) mass is 312 g/mol. The average molecular weight is 312 g/mol. The highest BCUT2D eigenvalue weighted by atomic mass is 16.5. The fourth-order valence-electron chi connectivity index (χ4n) is 2.75. The van der Waals surface area contributed by atoms with Gasteiger partial charge in [-0.2, -0.15) is 5.10 Å². The lowest BCUT2D eigenvalue weighted by molar-refractivity contribution is 0.324. The summed E-state index contributed by atoms with van der Waals surface area (Å²) in [7, 11) is 4.82. The van der Waals surface area contributed by atoms with Crippen molar-refractivity contribution in [1.82, 2.24) is 5.43 Å². The smallest absolute Gasteiger partial charge is 0.203 e. The molecule has 1 N–H and O–H groups in total. The molecular weight excluding hydrogens is 292 g/mol. The molecule has 23 heavy (non-hydrogen) atoms. The van der Waals surface area contributed by atoms with Crippen LogP contribution in [0.3, 0.4) is 0 Å². The minimum atomic E-state index is 0.185. The molecule has 3 rings (SSSR count). The van der Waals surface area contributed by atoms with E-state index >= 15 is 0 Å². The van der Waals surface area contributed by atoms with Crippen LogP contribution in [0.5, 0.6) is 17.2 Å². The molecule has 0 bridgehead atoms. The maximum Gasteiger partial charge on any atom is 0.203 e. The number of rotatable bonds is 5. The number of benzene rings is 2. The Morgan fingerprint density at radius 2 is 1.61 bits per heavy atom. The van der Waals surface area contributed by atoms with Crippen molar-refractivity contribution < 1.29 is 14.2 Å². The van der Waals surface area contributed by atoms with Crippen molar-refractivity contribution in [2.75, 3.05) is 21.3 Å². The average Bonchev–Trinajstić information content (AvgIpc) is 3.11. The Hall–Kier alpha value is -2.69. The van der Waals surface area contributed by atoms with Crippen molar-refractivity contribution >= 4 is 5.71 Å². The van der Waals surface area contributed by atoms with Gasteiger partial charge in [-0.05, 0) is 17.7 Å². The summed E-state index contributed by atoms with van der Waals surface area (Å²) in [6.07, 6.45) is 0.808. The second-order valence-electron chi connectivity index (χ2n) is 5.27. The minimum absolute atomic E-state index is 0.185. The topological polar surface area (TPSA) is 52.1 Å². The van der Waals surface area contributed by atoms with Gasteiger partial charge in [-0.1, -0.05) is 30.3 Å². The largest absolute Gasteiger partial charge is 0.493 e. The third-order valence-electron chi connectivity index (χ3n) is 3.95. The minimum Gasteiger partial charge on any atom is -0.493 e. The van der Waals surface area contributed by atoms with Crippen LogP contribution in [0.25, 0.3) is 0 Å². The van der Waals surface area contributed by atoms with Crippen molar-refractivity contribution in [2.24, 2.45) is 5.10 Å². The molecule has 2 aromatic rings. The van der Waals surface area contributed by atoms with Crippen molar-refractivity contribution in [3.8, 4) is 17.2 Å². The molecule has 1 aliphatic heterocycles. The molecule has 1 aliphatic rings. The fraction of sp³-hybridized carbons (Fsp3) is 0.278. The second kappa shape index (κ2) is 6.60. The van der Waals surface area contributed by atoms with Gasteiger partial charge in [-0.3, -0.25) is 0 Å². The van der Waals surface area contributed by atoms with Gasteiger partial charge in [0.05, 0.1) is 33.1 Å². The van der Waals surface area contributed by atoms with Gasteiger partial charge in [0.15, 0.2) is 11.5 Å². The Balaban J connectivity index is 1.88. The van der Waals surface area contributed by atoms with Crippen LogP contribution in [0.1, 0.15) is 23.6 Å². The van der Waals surface area contributed by atoms with Gasteiger partial charge in [-0.15, -0.1) is 0 Å². The van der Waals surface area contributed by atoms with Crippen LogP contribution in [0.2, 0.25) is 0 Å². The molecule has 0 aromatic heterocycles. The lowest BCUT2D eigenvalue weighted by Crippen LogP contribution is -2.09. The van der Waals surface area contributed by atoms with Crippen molar-refractivity contribution in [1.29, 1.82) is 0 Å². The van der Waals surface area contributed by atoms with Gasteiger partial charge in [0.25, 0.3) is 0 Å². The zero-order chi connectivity index (χ0) is 16.2. The van der Waals surface area contributed by atoms with Crippen LogP contribution in [0.4, 0.5) is 0 Å². The van der Waals surface area contributed by atoms with Crippen LogP contribution < -0.4 is 19.6 Å². The van der Waals surface area contributed by atoms with Crippen LogP contribution in [-0.2, 0) is 0 Å². The first-order valence-corrected chi connectivity index (χ1v) is 7.44. The summed E-state index contributed by atoms with van der Waals surface area (Å²) in [5.74, 6) is 1.85. The lowest BCUT2D eigenvalue weighted by atomic mass is 9.99. The number of methoxy groups -OCH3 is 3. The molecule has 0 fully saturated rings. The summed E-state index contributed by atoms with van der Waals surface area (Å²) in [5.41, 5.74) is 6.35. The van der Waals surface area contributed by atoms with Gasteiger partial charge >= 0.3 is 0 Å². The first-order valence-electron chi connectivity index (χ1n) is 7.44. The highest BCUT2D eigenvalue weighted by molar-refractivity contribution is 6.02. The van der Waals surface area contributed by atoms with Crippen molar-refractivity contribution in [2.45, 2.75) is 12.5 Å². The van der Waals surface area contributed by atoms with E-state index in [4.69, 9.17) is 14.2 Å². The van der Waals surface area contributed by atoms with E-state index in [0.717, 1.165) is 17.7 Å². The van der Waals surface area contributed by atoms with E-state index in [1.165, 1.54) is 5.56 Å². The first kappa shape index (κ1) is 15.2. The molecule has 1 heterocycles. The molecule has 0 spiro atoms. The number of nitrogens with one attached hydrogen (secondary N) is 1. The summed E-state index contributed by atoms with van der Waals surface area (Å²) in [4.78, 5) is 0. The van der Waals surface area contributed by atoms with Gasteiger partial charge in [-0.25, -0.2) is 0 Å². The molecule has 120 valence electrons. The quantitative estimate of drug-likeness (QED) is 0.921. The highest BCUT2D eigenvalue weighted by Crippen LogP contribution is 2.39. The molecule has 5 nitrogen and oxygen atoms in total. The first-order chi connectivity index (χ1) is 11.3. The van der Waals surface area contributed by atoms with E-state index in [-0.39, 0.29) is 6.04 Å². The van der Waals surface area contributed by atoms with E-state index < -0.39 is 0 Å². The third kappa shape index (κ3) is 2.95. The standard InChI is InChI=1S/C18H20N2O3/c1-21-16-9-13(10-17(22-2)18(16)23-3)15-11-14(19-20-15)12-7-5-4-6-8-12/h4-10,14,19H,11H2,1-3H3. The molecule has 1 atom stereocenters. The summed E-state index contributed by atoms with van der Waals surface area (Å²) in [6.45, 7) is 0. The van der Waals surface area contributed by atoms with E-state index in [0.29, 0.717) is 17.2 Å². The molecule has 0 radical (unpaired) electrons. The molecule has 5 heteroatoms. The number of nitrogens with zero attached hydrogens (tertiary/aromatic N) is 1. The van der Waals surface area contributed by atoms with Crippen LogP contribution >= 0.6 is 0 Å². The van der Waals surface area contributed by atoms with Gasteiger partial charge in [0.2, 0.25) is 5.75 Å². The predicted octanol–water partition coefficient (Wildman–Crippen LogP) is 3.15. The molecular formula is C18H20N2O3. The zero-order valence-corrected chi connectivity index (χ0v) is 13.5. The Labute approximate surface area is 135 Å². The lowest BCUT2D eigenvalue weighted by Gasteiger charge is -2.14. The van der Waals surface area contributed by atoms with Gasteiger partial charge in [0.1, 0.15) is 0 Å².